The lowest BCUT2D eigenvalue weighted by molar-refractivity contribution is 0.341. The second-order valence-electron chi connectivity index (χ2n) is 3.44. The van der Waals surface area contributed by atoms with Gasteiger partial charge in [0.15, 0.2) is 5.75 Å². The van der Waals surface area contributed by atoms with Crippen molar-refractivity contribution in [2.75, 3.05) is 32.2 Å². The summed E-state index contributed by atoms with van der Waals surface area (Å²) in [6.07, 6.45) is 4.06. The Balaban J connectivity index is 2.25. The molecule has 0 unspecified atom stereocenters. The first-order valence-corrected chi connectivity index (χ1v) is 5.05. The molecule has 0 aliphatic carbocycles. The van der Waals surface area contributed by atoms with Crippen LogP contribution in [0.3, 0.4) is 0 Å². The molecular weight excluding hydrogens is 194 g/mol. The molecule has 1 aliphatic rings. The highest BCUT2D eigenvalue weighted by Crippen LogP contribution is 2.26. The molecule has 0 atom stereocenters. The second kappa shape index (κ2) is 4.33. The van der Waals surface area contributed by atoms with E-state index in [0.717, 1.165) is 19.0 Å². The molecule has 0 bridgehead atoms. The summed E-state index contributed by atoms with van der Waals surface area (Å²) in [6, 6.07) is 0. The zero-order chi connectivity index (χ0) is 10.7. The van der Waals surface area contributed by atoms with E-state index in [0.29, 0.717) is 11.6 Å². The summed E-state index contributed by atoms with van der Waals surface area (Å²) >= 11 is 0. The molecule has 0 spiro atoms. The van der Waals surface area contributed by atoms with Gasteiger partial charge in [-0.2, -0.15) is 4.98 Å². The zero-order valence-corrected chi connectivity index (χ0v) is 9.06. The Morgan fingerprint density at radius 2 is 1.93 bits per heavy atom. The Labute approximate surface area is 89.0 Å². The number of anilines is 1. The summed E-state index contributed by atoms with van der Waals surface area (Å²) in [7, 11) is 3.16. The van der Waals surface area contributed by atoms with E-state index < -0.39 is 0 Å². The van der Waals surface area contributed by atoms with Gasteiger partial charge in [-0.25, -0.2) is 4.98 Å². The van der Waals surface area contributed by atoms with Gasteiger partial charge in [-0.3, -0.25) is 0 Å². The van der Waals surface area contributed by atoms with Gasteiger partial charge in [0, 0.05) is 13.1 Å². The molecule has 0 aromatic carbocycles. The van der Waals surface area contributed by atoms with Crippen molar-refractivity contribution in [1.82, 2.24) is 9.97 Å². The Morgan fingerprint density at radius 3 is 2.53 bits per heavy atom. The van der Waals surface area contributed by atoms with Gasteiger partial charge in [0.25, 0.3) is 5.88 Å². The summed E-state index contributed by atoms with van der Waals surface area (Å²) in [5.74, 6) is 1.79. The summed E-state index contributed by atoms with van der Waals surface area (Å²) in [5.41, 5.74) is 0. The van der Waals surface area contributed by atoms with Crippen molar-refractivity contribution in [2.24, 2.45) is 0 Å². The maximum absolute atomic E-state index is 5.13. The number of ether oxygens (including phenoxy) is 2. The van der Waals surface area contributed by atoms with Gasteiger partial charge in [-0.15, -0.1) is 0 Å². The monoisotopic (exact) mass is 209 g/mol. The highest BCUT2D eigenvalue weighted by Gasteiger charge is 2.17. The van der Waals surface area contributed by atoms with Gasteiger partial charge >= 0.3 is 0 Å². The molecule has 0 N–H and O–H groups in total. The topological polar surface area (TPSA) is 47.5 Å². The van der Waals surface area contributed by atoms with Crippen LogP contribution >= 0.6 is 0 Å². The molecule has 1 aromatic rings. The fraction of sp³-hybridized carbons (Fsp3) is 0.600. The number of hydrogen-bond acceptors (Lipinski definition) is 5. The summed E-state index contributed by atoms with van der Waals surface area (Å²) in [6.45, 7) is 2.05. The third-order valence-corrected chi connectivity index (χ3v) is 2.51. The molecular formula is C10H15N3O2. The van der Waals surface area contributed by atoms with Crippen molar-refractivity contribution in [2.45, 2.75) is 12.8 Å². The second-order valence-corrected chi connectivity index (χ2v) is 3.44. The largest absolute Gasteiger partial charge is 0.490 e. The van der Waals surface area contributed by atoms with Crippen molar-refractivity contribution in [3.05, 3.63) is 6.20 Å². The Kier molecular flexibility index (Phi) is 2.89. The average Bonchev–Trinajstić information content (AvgIpc) is 2.81. The minimum Gasteiger partial charge on any atom is -0.490 e. The number of methoxy groups -OCH3 is 2. The lowest BCUT2D eigenvalue weighted by Crippen LogP contribution is -2.20. The molecule has 15 heavy (non-hydrogen) atoms. The normalized spacial score (nSPS) is 15.5. The average molecular weight is 209 g/mol. The third kappa shape index (κ3) is 1.95. The SMILES string of the molecule is COc1cnc(N2CCCC2)nc1OC. The van der Waals surface area contributed by atoms with Crippen molar-refractivity contribution >= 4 is 5.95 Å². The maximum Gasteiger partial charge on any atom is 0.261 e. The van der Waals surface area contributed by atoms with Crippen molar-refractivity contribution < 1.29 is 9.47 Å². The molecule has 5 nitrogen and oxygen atoms in total. The molecule has 1 fully saturated rings. The Bertz CT molecular complexity index is 337. The van der Waals surface area contributed by atoms with Crippen LogP contribution in [-0.4, -0.2) is 37.3 Å². The molecule has 0 radical (unpaired) electrons. The van der Waals surface area contributed by atoms with Crippen LogP contribution in [0.1, 0.15) is 12.8 Å². The van der Waals surface area contributed by atoms with E-state index >= 15 is 0 Å². The maximum atomic E-state index is 5.13. The molecule has 0 saturated carbocycles. The summed E-state index contributed by atoms with van der Waals surface area (Å²) in [4.78, 5) is 10.7. The van der Waals surface area contributed by atoms with E-state index in [1.807, 2.05) is 0 Å². The van der Waals surface area contributed by atoms with E-state index in [2.05, 4.69) is 14.9 Å². The van der Waals surface area contributed by atoms with Crippen molar-refractivity contribution in [3.63, 3.8) is 0 Å². The fourth-order valence-corrected chi connectivity index (χ4v) is 1.70. The highest BCUT2D eigenvalue weighted by atomic mass is 16.5. The van der Waals surface area contributed by atoms with Gasteiger partial charge in [0.05, 0.1) is 20.4 Å². The number of aromatic nitrogens is 2. The first kappa shape index (κ1) is 10.0. The zero-order valence-electron chi connectivity index (χ0n) is 9.06. The highest BCUT2D eigenvalue weighted by molar-refractivity contribution is 5.40. The van der Waals surface area contributed by atoms with E-state index in [9.17, 15) is 0 Å². The van der Waals surface area contributed by atoms with E-state index in [1.54, 1.807) is 20.4 Å². The molecule has 5 heteroatoms. The van der Waals surface area contributed by atoms with Gasteiger partial charge in [0.2, 0.25) is 5.95 Å². The fourth-order valence-electron chi connectivity index (χ4n) is 1.70. The van der Waals surface area contributed by atoms with Gasteiger partial charge < -0.3 is 14.4 Å². The van der Waals surface area contributed by atoms with Crippen LogP contribution in [-0.2, 0) is 0 Å². The van der Waals surface area contributed by atoms with Crippen LogP contribution in [0.25, 0.3) is 0 Å². The Hall–Kier alpha value is -1.52. The number of rotatable bonds is 3. The molecule has 1 aromatic heterocycles. The standard InChI is InChI=1S/C10H15N3O2/c1-14-8-7-11-10(12-9(8)15-2)13-5-3-4-6-13/h7H,3-6H2,1-2H3. The predicted molar refractivity (Wildman–Crippen MR) is 56.6 cm³/mol. The Morgan fingerprint density at radius 1 is 1.20 bits per heavy atom. The molecule has 0 amide bonds. The minimum absolute atomic E-state index is 0.495. The van der Waals surface area contributed by atoms with E-state index in [4.69, 9.17) is 9.47 Å². The van der Waals surface area contributed by atoms with Crippen LogP contribution in [0.15, 0.2) is 6.20 Å². The minimum atomic E-state index is 0.495. The molecule has 2 rings (SSSR count). The smallest absolute Gasteiger partial charge is 0.261 e. The first-order valence-electron chi connectivity index (χ1n) is 5.05. The van der Waals surface area contributed by atoms with Crippen LogP contribution in [0.2, 0.25) is 0 Å². The van der Waals surface area contributed by atoms with Gasteiger partial charge in [-0.1, -0.05) is 0 Å². The summed E-state index contributed by atoms with van der Waals surface area (Å²) in [5, 5.41) is 0. The van der Waals surface area contributed by atoms with Crippen molar-refractivity contribution in [3.8, 4) is 11.6 Å². The molecule has 1 aliphatic heterocycles. The van der Waals surface area contributed by atoms with Gasteiger partial charge in [0.1, 0.15) is 0 Å². The number of hydrogen-bond donors (Lipinski definition) is 0. The molecule has 1 saturated heterocycles. The third-order valence-electron chi connectivity index (χ3n) is 2.51. The summed E-state index contributed by atoms with van der Waals surface area (Å²) < 4.78 is 10.2. The lowest BCUT2D eigenvalue weighted by atomic mass is 10.4. The molecule has 82 valence electrons. The van der Waals surface area contributed by atoms with Crippen LogP contribution in [0, 0.1) is 0 Å². The first-order chi connectivity index (χ1) is 7.35. The van der Waals surface area contributed by atoms with Crippen molar-refractivity contribution in [1.29, 1.82) is 0 Å². The lowest BCUT2D eigenvalue weighted by Gasteiger charge is -2.16. The van der Waals surface area contributed by atoms with Crippen LogP contribution in [0.4, 0.5) is 5.95 Å². The molecule has 2 heterocycles. The van der Waals surface area contributed by atoms with E-state index in [-0.39, 0.29) is 0 Å². The number of nitrogens with zero attached hydrogens (tertiary/aromatic N) is 3. The van der Waals surface area contributed by atoms with Gasteiger partial charge in [-0.05, 0) is 12.8 Å². The quantitative estimate of drug-likeness (QED) is 0.745. The predicted octanol–water partition coefficient (Wildman–Crippen LogP) is 1.09. The van der Waals surface area contributed by atoms with Crippen LogP contribution in [0.5, 0.6) is 11.6 Å². The van der Waals surface area contributed by atoms with Crippen LogP contribution < -0.4 is 14.4 Å². The van der Waals surface area contributed by atoms with E-state index in [1.165, 1.54) is 12.8 Å².